The number of anilines is 1. The molecule has 0 radical (unpaired) electrons. The number of ether oxygens (including phenoxy) is 2. The summed E-state index contributed by atoms with van der Waals surface area (Å²) in [5, 5.41) is 0. The van der Waals surface area contributed by atoms with Gasteiger partial charge in [0.15, 0.2) is 0 Å². The van der Waals surface area contributed by atoms with Gasteiger partial charge in [-0.15, -0.1) is 0 Å². The molecule has 4 heteroatoms. The molecule has 2 aromatic carbocycles. The molecule has 4 nitrogen and oxygen atoms in total. The predicted molar refractivity (Wildman–Crippen MR) is 82.5 cm³/mol. The summed E-state index contributed by atoms with van der Waals surface area (Å²) in [5.41, 5.74) is 7.98. The smallest absolute Gasteiger partial charge is 0.338 e. The molecule has 0 saturated heterocycles. The van der Waals surface area contributed by atoms with Gasteiger partial charge in [0.25, 0.3) is 0 Å². The molecule has 0 aliphatic heterocycles. The Balaban J connectivity index is 1.93. The van der Waals surface area contributed by atoms with Gasteiger partial charge in [-0.2, -0.15) is 0 Å². The van der Waals surface area contributed by atoms with Crippen LogP contribution in [0.4, 0.5) is 5.69 Å². The van der Waals surface area contributed by atoms with E-state index in [4.69, 9.17) is 15.2 Å². The number of hydrogen-bond donors (Lipinski definition) is 1. The van der Waals surface area contributed by atoms with E-state index in [-0.39, 0.29) is 5.97 Å². The lowest BCUT2D eigenvalue weighted by Crippen LogP contribution is -2.07. The normalized spacial score (nSPS) is 10.1. The molecule has 0 spiro atoms. The topological polar surface area (TPSA) is 61.5 Å². The van der Waals surface area contributed by atoms with Crippen LogP contribution in [0.15, 0.2) is 48.5 Å². The quantitative estimate of drug-likeness (QED) is 0.654. The van der Waals surface area contributed by atoms with E-state index >= 15 is 0 Å². The molecule has 0 amide bonds. The van der Waals surface area contributed by atoms with Gasteiger partial charge in [-0.3, -0.25) is 0 Å². The van der Waals surface area contributed by atoms with E-state index in [1.807, 2.05) is 18.2 Å². The monoisotopic (exact) mass is 285 g/mol. The van der Waals surface area contributed by atoms with E-state index in [2.05, 4.69) is 12.1 Å². The maximum atomic E-state index is 11.6. The zero-order chi connectivity index (χ0) is 15.1. The van der Waals surface area contributed by atoms with Gasteiger partial charge in [0.2, 0.25) is 0 Å². The van der Waals surface area contributed by atoms with Crippen LogP contribution in [0.1, 0.15) is 22.8 Å². The molecule has 0 saturated carbocycles. The molecule has 0 atom stereocenters. The minimum Gasteiger partial charge on any atom is -0.491 e. The van der Waals surface area contributed by atoms with E-state index in [0.29, 0.717) is 30.2 Å². The Morgan fingerprint density at radius 2 is 1.90 bits per heavy atom. The summed E-state index contributed by atoms with van der Waals surface area (Å²) in [6.07, 6.45) is 0.805. The van der Waals surface area contributed by atoms with Crippen LogP contribution in [-0.4, -0.2) is 19.2 Å². The fourth-order valence-corrected chi connectivity index (χ4v) is 1.94. The summed E-state index contributed by atoms with van der Waals surface area (Å²) < 4.78 is 10.6. The Kier molecular flexibility index (Phi) is 5.21. The highest BCUT2D eigenvalue weighted by molar-refractivity contribution is 5.91. The van der Waals surface area contributed by atoms with Gasteiger partial charge >= 0.3 is 5.97 Å². The van der Waals surface area contributed by atoms with Crippen molar-refractivity contribution in [2.24, 2.45) is 0 Å². The van der Waals surface area contributed by atoms with Crippen molar-refractivity contribution in [1.29, 1.82) is 0 Å². The minimum atomic E-state index is -0.375. The first-order valence-electron chi connectivity index (χ1n) is 6.94. The molecule has 2 aromatic rings. The van der Waals surface area contributed by atoms with Gasteiger partial charge in [-0.1, -0.05) is 30.3 Å². The van der Waals surface area contributed by atoms with E-state index in [0.717, 1.165) is 6.42 Å². The van der Waals surface area contributed by atoms with Crippen molar-refractivity contribution >= 4 is 11.7 Å². The molecule has 0 aliphatic rings. The fraction of sp³-hybridized carbons (Fsp3) is 0.235. The average Bonchev–Trinajstić information content (AvgIpc) is 2.50. The number of nitrogen functional groups attached to an aromatic ring is 1. The molecular formula is C17H19NO3. The summed E-state index contributed by atoms with van der Waals surface area (Å²) in [6.45, 7) is 2.64. The van der Waals surface area contributed by atoms with Crippen molar-refractivity contribution in [3.63, 3.8) is 0 Å². The van der Waals surface area contributed by atoms with Crippen LogP contribution in [0.5, 0.6) is 5.75 Å². The molecule has 0 heterocycles. The highest BCUT2D eigenvalue weighted by Crippen LogP contribution is 2.23. The molecule has 0 aliphatic carbocycles. The first-order chi connectivity index (χ1) is 10.2. The Bertz CT molecular complexity index is 596. The number of nitrogens with two attached hydrogens (primary N) is 1. The van der Waals surface area contributed by atoms with Crippen LogP contribution >= 0.6 is 0 Å². The maximum absolute atomic E-state index is 11.6. The van der Waals surface area contributed by atoms with Crippen LogP contribution in [0.25, 0.3) is 0 Å². The number of carbonyl (C=O) groups is 1. The molecule has 0 aromatic heterocycles. The number of esters is 1. The Hall–Kier alpha value is -2.49. The molecule has 21 heavy (non-hydrogen) atoms. The minimum absolute atomic E-state index is 0.341. The number of rotatable bonds is 6. The predicted octanol–water partition coefficient (Wildman–Crippen LogP) is 3.07. The van der Waals surface area contributed by atoms with E-state index in [1.165, 1.54) is 5.56 Å². The molecule has 0 unspecified atom stereocenters. The highest BCUT2D eigenvalue weighted by Gasteiger charge is 2.09. The first kappa shape index (κ1) is 14.9. The van der Waals surface area contributed by atoms with Crippen molar-refractivity contribution in [3.8, 4) is 5.75 Å². The van der Waals surface area contributed by atoms with Crippen molar-refractivity contribution in [2.75, 3.05) is 18.9 Å². The van der Waals surface area contributed by atoms with Crippen LogP contribution in [0, 0.1) is 0 Å². The van der Waals surface area contributed by atoms with Gasteiger partial charge in [-0.25, -0.2) is 4.79 Å². The standard InChI is InChI=1S/C17H19NO3/c1-2-20-17(19)14-8-9-16(15(18)12-14)21-11-10-13-6-4-3-5-7-13/h3-9,12H,2,10-11,18H2,1H3. The lowest BCUT2D eigenvalue weighted by molar-refractivity contribution is 0.0526. The van der Waals surface area contributed by atoms with Crippen LogP contribution < -0.4 is 10.5 Å². The average molecular weight is 285 g/mol. The summed E-state index contributed by atoms with van der Waals surface area (Å²) >= 11 is 0. The first-order valence-corrected chi connectivity index (χ1v) is 6.94. The third kappa shape index (κ3) is 4.24. The van der Waals surface area contributed by atoms with Crippen LogP contribution in [0.2, 0.25) is 0 Å². The van der Waals surface area contributed by atoms with Crippen molar-refractivity contribution < 1.29 is 14.3 Å². The van der Waals surface area contributed by atoms with E-state index in [9.17, 15) is 4.79 Å². The van der Waals surface area contributed by atoms with Gasteiger partial charge < -0.3 is 15.2 Å². The zero-order valence-electron chi connectivity index (χ0n) is 12.0. The SMILES string of the molecule is CCOC(=O)c1ccc(OCCc2ccccc2)c(N)c1. The zero-order valence-corrected chi connectivity index (χ0v) is 12.0. The van der Waals surface area contributed by atoms with Crippen molar-refractivity contribution in [1.82, 2.24) is 0 Å². The highest BCUT2D eigenvalue weighted by atomic mass is 16.5. The van der Waals surface area contributed by atoms with Gasteiger partial charge in [0.1, 0.15) is 5.75 Å². The molecule has 0 bridgehead atoms. The van der Waals surface area contributed by atoms with Gasteiger partial charge in [-0.05, 0) is 30.7 Å². The summed E-state index contributed by atoms with van der Waals surface area (Å²) in [4.78, 5) is 11.6. The van der Waals surface area contributed by atoms with Gasteiger partial charge in [0.05, 0.1) is 24.5 Å². The molecule has 2 N–H and O–H groups in total. The summed E-state index contributed by atoms with van der Waals surface area (Å²) in [6, 6.07) is 15.0. The number of benzene rings is 2. The number of carbonyl (C=O) groups excluding carboxylic acids is 1. The summed E-state index contributed by atoms with van der Waals surface area (Å²) in [5.74, 6) is 0.207. The Morgan fingerprint density at radius 1 is 1.14 bits per heavy atom. The molecule has 0 fully saturated rings. The van der Waals surface area contributed by atoms with Crippen LogP contribution in [0.3, 0.4) is 0 Å². The second kappa shape index (κ2) is 7.33. The third-order valence-electron chi connectivity index (χ3n) is 3.01. The van der Waals surface area contributed by atoms with Crippen molar-refractivity contribution in [2.45, 2.75) is 13.3 Å². The third-order valence-corrected chi connectivity index (χ3v) is 3.01. The molecular weight excluding hydrogens is 266 g/mol. The van der Waals surface area contributed by atoms with Gasteiger partial charge in [0, 0.05) is 6.42 Å². The maximum Gasteiger partial charge on any atom is 0.338 e. The number of hydrogen-bond acceptors (Lipinski definition) is 4. The summed E-state index contributed by atoms with van der Waals surface area (Å²) in [7, 11) is 0. The molecule has 2 rings (SSSR count). The second-order valence-corrected chi connectivity index (χ2v) is 4.56. The Morgan fingerprint density at radius 3 is 2.57 bits per heavy atom. The lowest BCUT2D eigenvalue weighted by Gasteiger charge is -2.10. The van der Waals surface area contributed by atoms with E-state index < -0.39 is 0 Å². The fourth-order valence-electron chi connectivity index (χ4n) is 1.94. The lowest BCUT2D eigenvalue weighted by atomic mass is 10.1. The van der Waals surface area contributed by atoms with Crippen LogP contribution in [-0.2, 0) is 11.2 Å². The van der Waals surface area contributed by atoms with Crippen molar-refractivity contribution in [3.05, 3.63) is 59.7 Å². The molecule has 110 valence electrons. The Labute approximate surface area is 124 Å². The largest absolute Gasteiger partial charge is 0.491 e. The van der Waals surface area contributed by atoms with E-state index in [1.54, 1.807) is 25.1 Å². The second-order valence-electron chi connectivity index (χ2n) is 4.56.